The van der Waals surface area contributed by atoms with Crippen molar-refractivity contribution in [3.8, 4) is 0 Å². The number of carbonyl (C=O) groups excluding carboxylic acids is 2. The topological polar surface area (TPSA) is 58.2 Å². The van der Waals surface area contributed by atoms with Crippen LogP contribution >= 0.6 is 22.9 Å². The summed E-state index contributed by atoms with van der Waals surface area (Å²) in [5.41, 5.74) is 0.244. The first-order valence-electron chi connectivity index (χ1n) is 3.74. The van der Waals surface area contributed by atoms with E-state index in [1.165, 1.54) is 11.3 Å². The fraction of sp³-hybridized carbons (Fsp3) is 0. The van der Waals surface area contributed by atoms with Crippen LogP contribution < -0.4 is 10.6 Å². The number of rotatable bonds is 1. The monoisotopic (exact) mass is 228 g/mol. The van der Waals surface area contributed by atoms with Gasteiger partial charge < -0.3 is 5.32 Å². The zero-order valence-corrected chi connectivity index (χ0v) is 8.41. The van der Waals surface area contributed by atoms with Crippen LogP contribution in [0.15, 0.2) is 17.8 Å². The Bertz CT molecular complexity index is 438. The number of halogens is 1. The summed E-state index contributed by atoms with van der Waals surface area (Å²) in [6, 6.07) is 3.01. The van der Waals surface area contributed by atoms with E-state index in [1.807, 2.05) is 0 Å². The first-order valence-corrected chi connectivity index (χ1v) is 4.94. The van der Waals surface area contributed by atoms with Crippen LogP contribution in [0.25, 0.3) is 6.08 Å². The molecule has 0 atom stereocenters. The number of hydrogen-bond acceptors (Lipinski definition) is 3. The van der Waals surface area contributed by atoms with E-state index in [0.717, 1.165) is 4.88 Å². The summed E-state index contributed by atoms with van der Waals surface area (Å²) in [6.07, 6.45) is 1.58. The lowest BCUT2D eigenvalue weighted by atomic mass is 10.3. The number of carbonyl (C=O) groups is 2. The maximum Gasteiger partial charge on any atom is 0.326 e. The van der Waals surface area contributed by atoms with Crippen LogP contribution in [-0.2, 0) is 4.79 Å². The molecule has 0 aliphatic carbocycles. The molecule has 1 fully saturated rings. The molecule has 0 aromatic carbocycles. The van der Waals surface area contributed by atoms with Crippen LogP contribution in [0.5, 0.6) is 0 Å². The van der Waals surface area contributed by atoms with Crippen molar-refractivity contribution in [1.82, 2.24) is 10.6 Å². The normalized spacial score (nSPS) is 18.5. The Labute approximate surface area is 88.6 Å². The highest BCUT2D eigenvalue weighted by Gasteiger charge is 2.22. The molecule has 2 N–H and O–H groups in total. The minimum Gasteiger partial charge on any atom is -0.303 e. The minimum absolute atomic E-state index is 0.244. The molecule has 0 radical (unpaired) electrons. The van der Waals surface area contributed by atoms with Crippen LogP contribution in [0, 0.1) is 0 Å². The summed E-state index contributed by atoms with van der Waals surface area (Å²) < 4.78 is 0.640. The van der Waals surface area contributed by atoms with Crippen molar-refractivity contribution in [2.45, 2.75) is 0 Å². The van der Waals surface area contributed by atoms with E-state index in [4.69, 9.17) is 11.6 Å². The fourth-order valence-electron chi connectivity index (χ4n) is 1.03. The second-order valence-corrected chi connectivity index (χ2v) is 4.35. The SMILES string of the molecule is O=C1NC(=O)/C(=C\c2ccc(Cl)s2)N1. The summed E-state index contributed by atoms with van der Waals surface area (Å²) in [5.74, 6) is -0.417. The lowest BCUT2D eigenvalue weighted by Gasteiger charge is -1.90. The molecule has 72 valence electrons. The van der Waals surface area contributed by atoms with Gasteiger partial charge in [-0.1, -0.05) is 11.6 Å². The van der Waals surface area contributed by atoms with Gasteiger partial charge in [-0.2, -0.15) is 0 Å². The van der Waals surface area contributed by atoms with Crippen molar-refractivity contribution in [2.75, 3.05) is 0 Å². The highest BCUT2D eigenvalue weighted by atomic mass is 35.5. The van der Waals surface area contributed by atoms with Crippen LogP contribution in [0.4, 0.5) is 4.79 Å². The van der Waals surface area contributed by atoms with Crippen molar-refractivity contribution >= 4 is 41.0 Å². The molecule has 3 amide bonds. The summed E-state index contributed by atoms with van der Waals surface area (Å²) in [5, 5.41) is 4.49. The van der Waals surface area contributed by atoms with Gasteiger partial charge in [-0.25, -0.2) is 4.79 Å². The smallest absolute Gasteiger partial charge is 0.303 e. The predicted molar refractivity (Wildman–Crippen MR) is 54.0 cm³/mol. The van der Waals surface area contributed by atoms with Gasteiger partial charge in [-0.15, -0.1) is 11.3 Å². The molecule has 0 saturated carbocycles. The van der Waals surface area contributed by atoms with Gasteiger partial charge in [-0.05, 0) is 18.2 Å². The molecular formula is C8H5ClN2O2S. The molecular weight excluding hydrogens is 224 g/mol. The summed E-state index contributed by atoms with van der Waals surface area (Å²) in [6.45, 7) is 0. The molecule has 0 bridgehead atoms. The lowest BCUT2D eigenvalue weighted by Crippen LogP contribution is -2.22. The first-order chi connectivity index (χ1) is 6.65. The van der Waals surface area contributed by atoms with E-state index in [9.17, 15) is 9.59 Å². The van der Waals surface area contributed by atoms with Gasteiger partial charge in [0.2, 0.25) is 0 Å². The molecule has 1 aliphatic rings. The Morgan fingerprint density at radius 1 is 1.29 bits per heavy atom. The number of nitrogens with one attached hydrogen (secondary N) is 2. The van der Waals surface area contributed by atoms with Crippen molar-refractivity contribution in [2.24, 2.45) is 0 Å². The Kier molecular flexibility index (Phi) is 2.26. The molecule has 0 unspecified atom stereocenters. The van der Waals surface area contributed by atoms with Crippen molar-refractivity contribution in [1.29, 1.82) is 0 Å². The third-order valence-electron chi connectivity index (χ3n) is 1.60. The molecule has 4 nitrogen and oxygen atoms in total. The highest BCUT2D eigenvalue weighted by molar-refractivity contribution is 7.17. The molecule has 1 aromatic rings. The Morgan fingerprint density at radius 2 is 2.07 bits per heavy atom. The number of urea groups is 1. The van der Waals surface area contributed by atoms with Gasteiger partial charge >= 0.3 is 6.03 Å². The van der Waals surface area contributed by atoms with E-state index in [0.29, 0.717) is 4.34 Å². The van der Waals surface area contributed by atoms with Gasteiger partial charge in [0.25, 0.3) is 5.91 Å². The first kappa shape index (κ1) is 9.23. The van der Waals surface area contributed by atoms with Crippen LogP contribution in [0.3, 0.4) is 0 Å². The zero-order chi connectivity index (χ0) is 10.1. The van der Waals surface area contributed by atoms with Gasteiger partial charge in [-0.3, -0.25) is 10.1 Å². The third kappa shape index (κ3) is 1.78. The Hall–Kier alpha value is -1.33. The molecule has 0 spiro atoms. The van der Waals surface area contributed by atoms with E-state index in [1.54, 1.807) is 18.2 Å². The van der Waals surface area contributed by atoms with Gasteiger partial charge in [0.1, 0.15) is 5.70 Å². The lowest BCUT2D eigenvalue weighted by molar-refractivity contribution is -0.115. The van der Waals surface area contributed by atoms with E-state index >= 15 is 0 Å². The molecule has 1 aromatic heterocycles. The second kappa shape index (κ2) is 3.43. The van der Waals surface area contributed by atoms with Crippen molar-refractivity contribution < 1.29 is 9.59 Å². The maximum absolute atomic E-state index is 11.1. The second-order valence-electron chi connectivity index (χ2n) is 2.61. The molecule has 1 aliphatic heterocycles. The van der Waals surface area contributed by atoms with E-state index in [-0.39, 0.29) is 5.70 Å². The number of amides is 3. The standard InChI is InChI=1S/C8H5ClN2O2S/c9-6-2-1-4(14-6)3-5-7(12)11-8(13)10-5/h1-3H,(H2,10,11,12,13)/b5-3+. The number of imide groups is 1. The Balaban J connectivity index is 2.27. The number of thiophene rings is 1. The van der Waals surface area contributed by atoms with Crippen LogP contribution in [0.1, 0.15) is 4.88 Å². The van der Waals surface area contributed by atoms with Gasteiger partial charge in [0.05, 0.1) is 4.34 Å². The predicted octanol–water partition coefficient (Wildman–Crippen LogP) is 1.58. The average Bonchev–Trinajstić information content (AvgIpc) is 2.61. The van der Waals surface area contributed by atoms with Gasteiger partial charge in [0, 0.05) is 4.88 Å². The van der Waals surface area contributed by atoms with E-state index in [2.05, 4.69) is 10.6 Å². The number of hydrogen-bond donors (Lipinski definition) is 2. The summed E-state index contributed by atoms with van der Waals surface area (Å²) in [7, 11) is 0. The average molecular weight is 229 g/mol. The largest absolute Gasteiger partial charge is 0.326 e. The molecule has 1 saturated heterocycles. The van der Waals surface area contributed by atoms with Crippen LogP contribution in [0.2, 0.25) is 4.34 Å². The molecule has 6 heteroatoms. The third-order valence-corrected chi connectivity index (χ3v) is 2.78. The van der Waals surface area contributed by atoms with Crippen molar-refractivity contribution in [3.05, 3.63) is 27.0 Å². The van der Waals surface area contributed by atoms with Crippen molar-refractivity contribution in [3.63, 3.8) is 0 Å². The quantitative estimate of drug-likeness (QED) is 0.566. The minimum atomic E-state index is -0.496. The van der Waals surface area contributed by atoms with E-state index < -0.39 is 11.9 Å². The fourth-order valence-corrected chi connectivity index (χ4v) is 2.03. The molecule has 14 heavy (non-hydrogen) atoms. The Morgan fingerprint density at radius 3 is 2.57 bits per heavy atom. The van der Waals surface area contributed by atoms with Gasteiger partial charge in [0.15, 0.2) is 0 Å². The summed E-state index contributed by atoms with van der Waals surface area (Å²) in [4.78, 5) is 22.7. The zero-order valence-electron chi connectivity index (χ0n) is 6.83. The maximum atomic E-state index is 11.1. The summed E-state index contributed by atoms with van der Waals surface area (Å²) >= 11 is 7.05. The highest BCUT2D eigenvalue weighted by Crippen LogP contribution is 2.23. The van der Waals surface area contributed by atoms with Crippen LogP contribution in [-0.4, -0.2) is 11.9 Å². The molecule has 2 heterocycles. The molecule has 2 rings (SSSR count).